The Morgan fingerprint density at radius 2 is 1.26 bits per heavy atom. The second-order valence-corrected chi connectivity index (χ2v) is 6.84. The molecule has 0 aromatic rings. The summed E-state index contributed by atoms with van der Waals surface area (Å²) >= 11 is 0. The summed E-state index contributed by atoms with van der Waals surface area (Å²) in [5, 5.41) is 9.10. The van der Waals surface area contributed by atoms with Gasteiger partial charge in [0.05, 0.1) is 5.92 Å². The van der Waals surface area contributed by atoms with Crippen LogP contribution in [0.25, 0.3) is 0 Å². The molecule has 1 atom stereocenters. The lowest BCUT2D eigenvalue weighted by Gasteiger charge is -2.10. The lowest BCUT2D eigenvalue weighted by atomic mass is 9.96. The zero-order chi connectivity index (χ0) is 17.2. The van der Waals surface area contributed by atoms with Crippen molar-refractivity contribution in [2.75, 3.05) is 0 Å². The largest absolute Gasteiger partial charge is 0.481 e. The van der Waals surface area contributed by atoms with E-state index in [0.29, 0.717) is 0 Å². The third-order valence-corrected chi connectivity index (χ3v) is 4.55. The lowest BCUT2D eigenvalue weighted by molar-refractivity contribution is -0.142. The van der Waals surface area contributed by atoms with Gasteiger partial charge in [-0.15, -0.1) is 0 Å². The van der Waals surface area contributed by atoms with Crippen molar-refractivity contribution in [2.45, 2.75) is 110 Å². The Balaban J connectivity index is 3.32. The predicted molar refractivity (Wildman–Crippen MR) is 101 cm³/mol. The molecule has 0 aromatic carbocycles. The zero-order valence-electron chi connectivity index (χ0n) is 15.7. The summed E-state index contributed by atoms with van der Waals surface area (Å²) < 4.78 is 0. The summed E-state index contributed by atoms with van der Waals surface area (Å²) in [6.45, 7) is 4.33. The zero-order valence-corrected chi connectivity index (χ0v) is 15.7. The van der Waals surface area contributed by atoms with Crippen molar-refractivity contribution in [2.24, 2.45) is 5.92 Å². The van der Waals surface area contributed by atoms with Crippen LogP contribution in [-0.2, 0) is 4.79 Å². The summed E-state index contributed by atoms with van der Waals surface area (Å²) in [5.41, 5.74) is 0. The molecule has 0 aliphatic heterocycles. The lowest BCUT2D eigenvalue weighted by Crippen LogP contribution is -2.13. The molecule has 1 N–H and O–H groups in total. The van der Waals surface area contributed by atoms with E-state index in [0.717, 1.165) is 25.7 Å². The summed E-state index contributed by atoms with van der Waals surface area (Å²) in [6.07, 6.45) is 22.8. The first-order valence-corrected chi connectivity index (χ1v) is 10.1. The molecule has 0 aliphatic rings. The molecule has 0 amide bonds. The molecular weight excluding hydrogens is 284 g/mol. The minimum Gasteiger partial charge on any atom is -0.481 e. The number of aliphatic carboxylic acids is 1. The number of carbonyl (C=O) groups is 1. The second kappa shape index (κ2) is 17.6. The number of carboxylic acids is 1. The van der Waals surface area contributed by atoms with Crippen molar-refractivity contribution in [3.05, 3.63) is 12.2 Å². The highest BCUT2D eigenvalue weighted by Gasteiger charge is 2.14. The summed E-state index contributed by atoms with van der Waals surface area (Å²) in [6, 6.07) is 0. The van der Waals surface area contributed by atoms with E-state index in [1.165, 1.54) is 70.6 Å². The third-order valence-electron chi connectivity index (χ3n) is 4.55. The fraction of sp³-hybridized carbons (Fsp3) is 0.857. The molecule has 0 rings (SSSR count). The average molecular weight is 325 g/mol. The Hall–Kier alpha value is -0.790. The van der Waals surface area contributed by atoms with E-state index >= 15 is 0 Å². The average Bonchev–Trinajstić information content (AvgIpc) is 2.54. The third kappa shape index (κ3) is 15.9. The van der Waals surface area contributed by atoms with Gasteiger partial charge >= 0.3 is 5.97 Å². The molecule has 0 spiro atoms. The van der Waals surface area contributed by atoms with Gasteiger partial charge in [0.2, 0.25) is 0 Å². The van der Waals surface area contributed by atoms with Crippen LogP contribution in [0, 0.1) is 5.92 Å². The first-order chi connectivity index (χ1) is 11.2. The Labute approximate surface area is 144 Å². The van der Waals surface area contributed by atoms with Gasteiger partial charge in [0, 0.05) is 0 Å². The number of hydrogen-bond donors (Lipinski definition) is 1. The van der Waals surface area contributed by atoms with Gasteiger partial charge in [0.1, 0.15) is 0 Å². The van der Waals surface area contributed by atoms with E-state index in [1.54, 1.807) is 0 Å². The molecule has 0 fully saturated rings. The normalized spacial score (nSPS) is 12.8. The number of rotatable bonds is 17. The van der Waals surface area contributed by atoms with Crippen LogP contribution in [0.5, 0.6) is 0 Å². The highest BCUT2D eigenvalue weighted by molar-refractivity contribution is 5.69. The molecule has 0 radical (unpaired) electrons. The fourth-order valence-electron chi connectivity index (χ4n) is 3.02. The number of allylic oxidation sites excluding steroid dienone is 2. The van der Waals surface area contributed by atoms with E-state index < -0.39 is 5.97 Å². The molecule has 2 heteroatoms. The molecule has 136 valence electrons. The van der Waals surface area contributed by atoms with Gasteiger partial charge in [-0.2, -0.15) is 0 Å². The molecular formula is C21H40O2. The van der Waals surface area contributed by atoms with Crippen molar-refractivity contribution in [3.63, 3.8) is 0 Å². The SMILES string of the molecule is CCCCCCCC/C=C\CCCCCCC(CCC)C(=O)O. The first-order valence-electron chi connectivity index (χ1n) is 10.1. The maximum absolute atomic E-state index is 11.0. The van der Waals surface area contributed by atoms with Gasteiger partial charge in [0.15, 0.2) is 0 Å². The fourth-order valence-corrected chi connectivity index (χ4v) is 3.02. The summed E-state index contributed by atoms with van der Waals surface area (Å²) in [4.78, 5) is 11.0. The molecule has 0 aliphatic carbocycles. The van der Waals surface area contributed by atoms with Gasteiger partial charge in [-0.25, -0.2) is 0 Å². The topological polar surface area (TPSA) is 37.3 Å². The summed E-state index contributed by atoms with van der Waals surface area (Å²) in [5.74, 6) is -0.721. The van der Waals surface area contributed by atoms with Gasteiger partial charge < -0.3 is 5.11 Å². The van der Waals surface area contributed by atoms with Crippen LogP contribution < -0.4 is 0 Å². The number of unbranched alkanes of at least 4 members (excludes halogenated alkanes) is 10. The molecule has 23 heavy (non-hydrogen) atoms. The highest BCUT2D eigenvalue weighted by Crippen LogP contribution is 2.17. The maximum Gasteiger partial charge on any atom is 0.306 e. The Morgan fingerprint density at radius 3 is 1.78 bits per heavy atom. The first kappa shape index (κ1) is 22.2. The number of hydrogen-bond acceptors (Lipinski definition) is 1. The number of carboxylic acid groups (broad SMARTS) is 1. The van der Waals surface area contributed by atoms with Gasteiger partial charge in [0.25, 0.3) is 0 Å². The smallest absolute Gasteiger partial charge is 0.306 e. The van der Waals surface area contributed by atoms with Crippen molar-refractivity contribution >= 4 is 5.97 Å². The van der Waals surface area contributed by atoms with Crippen molar-refractivity contribution in [1.82, 2.24) is 0 Å². The van der Waals surface area contributed by atoms with E-state index in [-0.39, 0.29) is 5.92 Å². The standard InChI is InChI=1S/C21H40O2/c1-3-5-6-7-8-9-10-11-12-13-14-15-16-17-19-20(18-4-2)21(22)23/h11-12,20H,3-10,13-19H2,1-2H3,(H,22,23)/b12-11-. The van der Waals surface area contributed by atoms with Crippen molar-refractivity contribution < 1.29 is 9.90 Å². The van der Waals surface area contributed by atoms with Gasteiger partial charge in [-0.1, -0.05) is 83.8 Å². The Morgan fingerprint density at radius 1 is 0.739 bits per heavy atom. The second-order valence-electron chi connectivity index (χ2n) is 6.84. The van der Waals surface area contributed by atoms with E-state index in [1.807, 2.05) is 0 Å². The van der Waals surface area contributed by atoms with Crippen molar-refractivity contribution in [3.8, 4) is 0 Å². The Kier molecular flexibility index (Phi) is 17.0. The van der Waals surface area contributed by atoms with Crippen LogP contribution in [0.4, 0.5) is 0 Å². The Bertz CT molecular complexity index is 284. The molecule has 2 nitrogen and oxygen atoms in total. The van der Waals surface area contributed by atoms with Crippen LogP contribution >= 0.6 is 0 Å². The minimum absolute atomic E-state index is 0.114. The predicted octanol–water partition coefficient (Wildman–Crippen LogP) is 7.13. The minimum atomic E-state index is -0.607. The monoisotopic (exact) mass is 324 g/mol. The van der Waals surface area contributed by atoms with E-state index in [9.17, 15) is 4.79 Å². The van der Waals surface area contributed by atoms with Crippen LogP contribution in [0.1, 0.15) is 110 Å². The van der Waals surface area contributed by atoms with Crippen LogP contribution in [-0.4, -0.2) is 11.1 Å². The molecule has 1 unspecified atom stereocenters. The van der Waals surface area contributed by atoms with Crippen molar-refractivity contribution in [1.29, 1.82) is 0 Å². The van der Waals surface area contributed by atoms with Gasteiger partial charge in [-0.05, 0) is 38.5 Å². The quantitative estimate of drug-likeness (QED) is 0.228. The molecule has 0 aromatic heterocycles. The summed E-state index contributed by atoms with van der Waals surface area (Å²) in [7, 11) is 0. The highest BCUT2D eigenvalue weighted by atomic mass is 16.4. The van der Waals surface area contributed by atoms with Crippen LogP contribution in [0.3, 0.4) is 0 Å². The molecule has 0 heterocycles. The molecule has 0 bridgehead atoms. The van der Waals surface area contributed by atoms with E-state index in [4.69, 9.17) is 5.11 Å². The molecule has 0 saturated heterocycles. The molecule has 0 saturated carbocycles. The van der Waals surface area contributed by atoms with Gasteiger partial charge in [-0.3, -0.25) is 4.79 Å². The maximum atomic E-state index is 11.0. The van der Waals surface area contributed by atoms with Crippen LogP contribution in [0.2, 0.25) is 0 Å². The van der Waals surface area contributed by atoms with E-state index in [2.05, 4.69) is 26.0 Å². The van der Waals surface area contributed by atoms with Crippen LogP contribution in [0.15, 0.2) is 12.2 Å².